The highest BCUT2D eigenvalue weighted by Gasteiger charge is 2.41. The van der Waals surface area contributed by atoms with Crippen molar-refractivity contribution >= 4 is 23.4 Å². The van der Waals surface area contributed by atoms with Gasteiger partial charge in [-0.2, -0.15) is 0 Å². The number of pyridine rings is 1. The van der Waals surface area contributed by atoms with Crippen LogP contribution in [0.3, 0.4) is 0 Å². The number of nitrogens with two attached hydrogens (primary N) is 1. The number of hydrogen-bond acceptors (Lipinski definition) is 6. The van der Waals surface area contributed by atoms with E-state index < -0.39 is 11.5 Å². The van der Waals surface area contributed by atoms with Gasteiger partial charge in [0.25, 0.3) is 5.91 Å². The van der Waals surface area contributed by atoms with Gasteiger partial charge in [0.2, 0.25) is 11.8 Å². The Balaban J connectivity index is 1.78. The Kier molecular flexibility index (Phi) is 6.79. The van der Waals surface area contributed by atoms with Gasteiger partial charge in [0.1, 0.15) is 23.7 Å². The first-order valence-electron chi connectivity index (χ1n) is 9.43. The van der Waals surface area contributed by atoms with E-state index in [9.17, 15) is 9.59 Å². The maximum absolute atomic E-state index is 13.0. The summed E-state index contributed by atoms with van der Waals surface area (Å²) in [6.45, 7) is 2.66. The van der Waals surface area contributed by atoms with Crippen molar-refractivity contribution in [2.45, 2.75) is 18.9 Å². The van der Waals surface area contributed by atoms with Crippen LogP contribution < -0.4 is 15.2 Å². The van der Waals surface area contributed by atoms with Crippen molar-refractivity contribution in [3.8, 4) is 11.6 Å². The van der Waals surface area contributed by atoms with Crippen LogP contribution >= 0.6 is 11.6 Å². The number of ether oxygens (including phenoxy) is 3. The van der Waals surface area contributed by atoms with Crippen molar-refractivity contribution in [1.82, 2.24) is 9.88 Å². The van der Waals surface area contributed by atoms with Crippen LogP contribution in [0.2, 0.25) is 5.02 Å². The summed E-state index contributed by atoms with van der Waals surface area (Å²) in [6, 6.07) is 10.2. The first-order valence-corrected chi connectivity index (χ1v) is 9.81. The molecule has 1 aliphatic rings. The van der Waals surface area contributed by atoms with Gasteiger partial charge in [-0.3, -0.25) is 9.59 Å². The van der Waals surface area contributed by atoms with Gasteiger partial charge >= 0.3 is 0 Å². The Morgan fingerprint density at radius 1 is 1.33 bits per heavy atom. The predicted octanol–water partition coefficient (Wildman–Crippen LogP) is 2.22. The average molecular weight is 434 g/mol. The zero-order chi connectivity index (χ0) is 21.7. The van der Waals surface area contributed by atoms with Gasteiger partial charge in [-0.05, 0) is 36.8 Å². The Morgan fingerprint density at radius 3 is 2.83 bits per heavy atom. The minimum atomic E-state index is -1.06. The largest absolute Gasteiger partial charge is 0.490 e. The lowest BCUT2D eigenvalue weighted by atomic mass is 9.97. The van der Waals surface area contributed by atoms with E-state index in [1.165, 1.54) is 7.11 Å². The third-order valence-corrected chi connectivity index (χ3v) is 5.24. The summed E-state index contributed by atoms with van der Waals surface area (Å²) in [5.74, 6) is 0.106. The van der Waals surface area contributed by atoms with Crippen LogP contribution in [0.1, 0.15) is 22.5 Å². The maximum Gasteiger partial charge on any atom is 0.272 e. The molecule has 8 nitrogen and oxygen atoms in total. The molecule has 30 heavy (non-hydrogen) atoms. The molecule has 0 aliphatic carbocycles. The molecule has 2 heterocycles. The van der Waals surface area contributed by atoms with Crippen molar-refractivity contribution in [3.63, 3.8) is 0 Å². The molecule has 2 amide bonds. The second kappa shape index (κ2) is 9.32. The normalized spacial score (nSPS) is 18.7. The fraction of sp³-hybridized carbons (Fsp3) is 0.381. The highest BCUT2D eigenvalue weighted by atomic mass is 35.5. The van der Waals surface area contributed by atoms with E-state index in [2.05, 4.69) is 4.98 Å². The highest BCUT2D eigenvalue weighted by Crippen LogP contribution is 2.27. The Labute approximate surface area is 179 Å². The minimum absolute atomic E-state index is 0.0479. The topological polar surface area (TPSA) is 104 Å². The molecule has 1 aromatic carbocycles. The van der Waals surface area contributed by atoms with Gasteiger partial charge in [0.05, 0.1) is 26.7 Å². The van der Waals surface area contributed by atoms with E-state index in [4.69, 9.17) is 31.5 Å². The van der Waals surface area contributed by atoms with Gasteiger partial charge < -0.3 is 24.8 Å². The van der Waals surface area contributed by atoms with Crippen LogP contribution in [0.25, 0.3) is 0 Å². The predicted molar refractivity (Wildman–Crippen MR) is 111 cm³/mol. The third kappa shape index (κ3) is 5.20. The molecule has 1 saturated heterocycles. The Bertz CT molecular complexity index is 939. The van der Waals surface area contributed by atoms with Crippen LogP contribution in [0, 0.1) is 6.92 Å². The van der Waals surface area contributed by atoms with Crippen molar-refractivity contribution in [3.05, 3.63) is 52.7 Å². The molecular weight excluding hydrogens is 410 g/mol. The molecule has 2 aromatic rings. The van der Waals surface area contributed by atoms with E-state index in [0.717, 1.165) is 5.56 Å². The number of carbonyl (C=O) groups excluding carboxylic acids is 2. The van der Waals surface area contributed by atoms with Crippen LogP contribution in [0.4, 0.5) is 0 Å². The average Bonchev–Trinajstić information content (AvgIpc) is 2.74. The quantitative estimate of drug-likeness (QED) is 0.718. The third-order valence-electron chi connectivity index (χ3n) is 4.82. The molecule has 2 N–H and O–H groups in total. The SMILES string of the molecule is COc1cccc(C(=O)N2CCOC(COc3ccc(Cl)c(C)c3)(CC(N)=O)C2)n1. The molecule has 1 unspecified atom stereocenters. The Morgan fingerprint density at radius 2 is 2.13 bits per heavy atom. The molecular formula is C21H24ClN3O5. The van der Waals surface area contributed by atoms with Crippen molar-refractivity contribution < 1.29 is 23.8 Å². The Hall–Kier alpha value is -2.84. The second-order valence-electron chi connectivity index (χ2n) is 7.17. The summed E-state index contributed by atoms with van der Waals surface area (Å²) in [5.41, 5.74) is 5.52. The molecule has 1 fully saturated rings. The monoisotopic (exact) mass is 433 g/mol. The summed E-state index contributed by atoms with van der Waals surface area (Å²) in [4.78, 5) is 30.5. The molecule has 0 spiro atoms. The van der Waals surface area contributed by atoms with Crippen LogP contribution in [0.15, 0.2) is 36.4 Å². The molecule has 0 radical (unpaired) electrons. The first-order chi connectivity index (χ1) is 14.3. The van der Waals surface area contributed by atoms with E-state index in [1.54, 1.807) is 41.3 Å². The summed E-state index contributed by atoms with van der Waals surface area (Å²) in [5, 5.41) is 0.630. The van der Waals surface area contributed by atoms with E-state index in [0.29, 0.717) is 23.2 Å². The number of benzene rings is 1. The van der Waals surface area contributed by atoms with Gasteiger partial charge in [-0.1, -0.05) is 17.7 Å². The second-order valence-corrected chi connectivity index (χ2v) is 7.57. The zero-order valence-electron chi connectivity index (χ0n) is 16.9. The molecule has 1 aliphatic heterocycles. The maximum atomic E-state index is 13.0. The summed E-state index contributed by atoms with van der Waals surface area (Å²) in [6.07, 6.45) is -0.0884. The minimum Gasteiger partial charge on any atom is -0.490 e. The number of halogens is 1. The van der Waals surface area contributed by atoms with Crippen molar-refractivity contribution in [1.29, 1.82) is 0 Å². The van der Waals surface area contributed by atoms with Crippen molar-refractivity contribution in [2.24, 2.45) is 5.73 Å². The smallest absolute Gasteiger partial charge is 0.272 e. The molecule has 1 aromatic heterocycles. The molecule has 160 valence electrons. The van der Waals surface area contributed by atoms with Crippen molar-refractivity contribution in [2.75, 3.05) is 33.4 Å². The molecule has 1 atom stereocenters. The van der Waals surface area contributed by atoms with E-state index in [1.807, 2.05) is 6.92 Å². The fourth-order valence-corrected chi connectivity index (χ4v) is 3.43. The lowest BCUT2D eigenvalue weighted by molar-refractivity contribution is -0.142. The van der Waals surface area contributed by atoms with E-state index >= 15 is 0 Å². The number of primary amides is 1. The summed E-state index contributed by atoms with van der Waals surface area (Å²) in [7, 11) is 1.49. The van der Waals surface area contributed by atoms with Gasteiger partial charge in [0.15, 0.2) is 0 Å². The number of amides is 2. The number of rotatable bonds is 7. The summed E-state index contributed by atoms with van der Waals surface area (Å²) < 4.78 is 16.9. The van der Waals surface area contributed by atoms with Gasteiger partial charge in [0, 0.05) is 17.6 Å². The van der Waals surface area contributed by atoms with Crippen LogP contribution in [-0.4, -0.2) is 60.7 Å². The fourth-order valence-electron chi connectivity index (χ4n) is 3.31. The number of carbonyl (C=O) groups is 2. The molecule has 3 rings (SSSR count). The zero-order valence-corrected chi connectivity index (χ0v) is 17.6. The number of methoxy groups -OCH3 is 1. The molecule has 9 heteroatoms. The number of aryl methyl sites for hydroxylation is 1. The van der Waals surface area contributed by atoms with Crippen LogP contribution in [0.5, 0.6) is 11.6 Å². The highest BCUT2D eigenvalue weighted by molar-refractivity contribution is 6.31. The number of hydrogen-bond donors (Lipinski definition) is 1. The van der Waals surface area contributed by atoms with Gasteiger partial charge in [-0.25, -0.2) is 4.98 Å². The number of aromatic nitrogens is 1. The lowest BCUT2D eigenvalue weighted by Gasteiger charge is -2.41. The number of nitrogens with zero attached hydrogens (tertiary/aromatic N) is 2. The van der Waals surface area contributed by atoms with Gasteiger partial charge in [-0.15, -0.1) is 0 Å². The molecule has 0 saturated carbocycles. The lowest BCUT2D eigenvalue weighted by Crippen LogP contribution is -2.58. The van der Waals surface area contributed by atoms with Crippen LogP contribution in [-0.2, 0) is 9.53 Å². The standard InChI is InChI=1S/C21H24ClN3O5/c1-14-10-15(6-7-16(14)22)29-13-21(11-18(23)26)12-25(8-9-30-21)20(27)17-4-3-5-19(24-17)28-2/h3-7,10H,8-9,11-13H2,1-2H3,(H2,23,26). The molecule has 0 bridgehead atoms. The summed E-state index contributed by atoms with van der Waals surface area (Å²) >= 11 is 6.06. The van der Waals surface area contributed by atoms with E-state index in [-0.39, 0.29) is 37.8 Å². The number of morpholine rings is 1. The first kappa shape index (κ1) is 21.9.